The first kappa shape index (κ1) is 13.4. The van der Waals surface area contributed by atoms with E-state index < -0.39 is 11.5 Å². The Balaban J connectivity index is 4.03. The lowest BCUT2D eigenvalue weighted by Crippen LogP contribution is -2.49. The topological polar surface area (TPSA) is 49.3 Å². The summed E-state index contributed by atoms with van der Waals surface area (Å²) in [6.45, 7) is 8.82. The van der Waals surface area contributed by atoms with E-state index in [9.17, 15) is 4.79 Å². The van der Waals surface area contributed by atoms with Gasteiger partial charge in [0.15, 0.2) is 0 Å². The summed E-state index contributed by atoms with van der Waals surface area (Å²) in [6, 6.07) is 0. The molecule has 0 rings (SSSR count). The van der Waals surface area contributed by atoms with Crippen LogP contribution in [-0.4, -0.2) is 23.2 Å². The normalized spacial score (nSPS) is 15.5. The molecule has 1 atom stereocenters. The van der Waals surface area contributed by atoms with Crippen molar-refractivity contribution in [1.29, 1.82) is 0 Å². The van der Waals surface area contributed by atoms with Crippen molar-refractivity contribution >= 4 is 5.97 Å². The van der Waals surface area contributed by atoms with Gasteiger partial charge in [0.2, 0.25) is 0 Å². The quantitative estimate of drug-likeness (QED) is 0.664. The van der Waals surface area contributed by atoms with Gasteiger partial charge in [0, 0.05) is 0 Å². The summed E-state index contributed by atoms with van der Waals surface area (Å²) in [6.07, 6.45) is 2.59. The first-order valence-electron chi connectivity index (χ1n) is 5.40. The lowest BCUT2D eigenvalue weighted by molar-refractivity contribution is -0.144. The van der Waals surface area contributed by atoms with E-state index in [1.807, 2.05) is 6.92 Å². The minimum absolute atomic E-state index is 0.613. The van der Waals surface area contributed by atoms with Crippen molar-refractivity contribution in [2.45, 2.75) is 52.5 Å². The van der Waals surface area contributed by atoms with E-state index in [2.05, 4.69) is 19.2 Å². The second-order valence-corrected chi connectivity index (χ2v) is 4.50. The van der Waals surface area contributed by atoms with Gasteiger partial charge in [-0.3, -0.25) is 4.79 Å². The number of hydrogen-bond donors (Lipinski definition) is 2. The Bertz CT molecular complexity index is 180. The smallest absolute Gasteiger partial charge is 0.323 e. The number of aliphatic carboxylic acids is 1. The van der Waals surface area contributed by atoms with E-state index in [1.54, 1.807) is 6.92 Å². The lowest BCUT2D eigenvalue weighted by atomic mass is 9.96. The molecular formula is C11H23NO2. The van der Waals surface area contributed by atoms with E-state index in [-0.39, 0.29) is 0 Å². The molecule has 3 heteroatoms. The van der Waals surface area contributed by atoms with E-state index >= 15 is 0 Å². The summed E-state index contributed by atoms with van der Waals surface area (Å²) < 4.78 is 0. The highest BCUT2D eigenvalue weighted by atomic mass is 16.4. The third kappa shape index (κ3) is 4.61. The zero-order valence-electron chi connectivity index (χ0n) is 9.76. The molecule has 0 saturated carbocycles. The van der Waals surface area contributed by atoms with Gasteiger partial charge in [0.05, 0.1) is 0 Å². The lowest BCUT2D eigenvalue weighted by Gasteiger charge is -2.26. The highest BCUT2D eigenvalue weighted by Gasteiger charge is 2.30. The van der Waals surface area contributed by atoms with Gasteiger partial charge < -0.3 is 10.4 Å². The molecule has 0 aliphatic carbocycles. The van der Waals surface area contributed by atoms with Crippen LogP contribution >= 0.6 is 0 Å². The van der Waals surface area contributed by atoms with Gasteiger partial charge in [-0.2, -0.15) is 0 Å². The fourth-order valence-electron chi connectivity index (χ4n) is 1.41. The van der Waals surface area contributed by atoms with E-state index in [1.165, 1.54) is 0 Å². The van der Waals surface area contributed by atoms with Crippen LogP contribution in [-0.2, 0) is 4.79 Å². The number of nitrogens with one attached hydrogen (secondary N) is 1. The van der Waals surface area contributed by atoms with Crippen LogP contribution in [0.3, 0.4) is 0 Å². The maximum atomic E-state index is 11.0. The number of carboxylic acids is 1. The van der Waals surface area contributed by atoms with Gasteiger partial charge in [0.1, 0.15) is 5.54 Å². The van der Waals surface area contributed by atoms with E-state index in [4.69, 9.17) is 5.11 Å². The fraction of sp³-hybridized carbons (Fsp3) is 0.909. The summed E-state index contributed by atoms with van der Waals surface area (Å²) >= 11 is 0. The van der Waals surface area contributed by atoms with Crippen molar-refractivity contribution in [2.24, 2.45) is 5.92 Å². The van der Waals surface area contributed by atoms with Crippen LogP contribution in [0.4, 0.5) is 0 Å². The Kier molecular flexibility index (Phi) is 5.77. The van der Waals surface area contributed by atoms with Gasteiger partial charge in [-0.05, 0) is 32.2 Å². The molecule has 0 fully saturated rings. The van der Waals surface area contributed by atoms with Crippen molar-refractivity contribution in [3.63, 3.8) is 0 Å². The highest BCUT2D eigenvalue weighted by molar-refractivity contribution is 5.78. The van der Waals surface area contributed by atoms with E-state index in [0.717, 1.165) is 19.4 Å². The summed E-state index contributed by atoms with van der Waals surface area (Å²) in [7, 11) is 0. The van der Waals surface area contributed by atoms with Crippen LogP contribution in [0.5, 0.6) is 0 Å². The number of hydrogen-bond acceptors (Lipinski definition) is 2. The Morgan fingerprint density at radius 3 is 2.43 bits per heavy atom. The molecule has 0 aliphatic rings. The van der Waals surface area contributed by atoms with Crippen molar-refractivity contribution in [3.05, 3.63) is 0 Å². The molecule has 0 aromatic carbocycles. The van der Waals surface area contributed by atoms with Crippen LogP contribution in [0.2, 0.25) is 0 Å². The number of carboxylic acid groups (broad SMARTS) is 1. The second-order valence-electron chi connectivity index (χ2n) is 4.50. The zero-order valence-corrected chi connectivity index (χ0v) is 9.76. The Hall–Kier alpha value is -0.570. The highest BCUT2D eigenvalue weighted by Crippen LogP contribution is 2.13. The molecule has 0 radical (unpaired) electrons. The molecule has 84 valence electrons. The predicted molar refractivity (Wildman–Crippen MR) is 58.4 cm³/mol. The van der Waals surface area contributed by atoms with Crippen LogP contribution < -0.4 is 5.32 Å². The maximum absolute atomic E-state index is 11.0. The monoisotopic (exact) mass is 201 g/mol. The third-order valence-electron chi connectivity index (χ3n) is 2.46. The van der Waals surface area contributed by atoms with Crippen LogP contribution in [0.15, 0.2) is 0 Å². The average Bonchev–Trinajstić information content (AvgIpc) is 2.03. The molecule has 0 bridgehead atoms. The molecule has 3 nitrogen and oxygen atoms in total. The molecule has 0 amide bonds. The average molecular weight is 201 g/mol. The Morgan fingerprint density at radius 1 is 1.50 bits per heavy atom. The fourth-order valence-corrected chi connectivity index (χ4v) is 1.41. The predicted octanol–water partition coefficient (Wildman–Crippen LogP) is 2.27. The summed E-state index contributed by atoms with van der Waals surface area (Å²) in [4.78, 5) is 11.0. The van der Waals surface area contributed by atoms with Crippen LogP contribution in [0, 0.1) is 5.92 Å². The van der Waals surface area contributed by atoms with Crippen molar-refractivity contribution in [3.8, 4) is 0 Å². The summed E-state index contributed by atoms with van der Waals surface area (Å²) in [5.41, 5.74) is -0.746. The van der Waals surface area contributed by atoms with Crippen LogP contribution in [0.25, 0.3) is 0 Å². The van der Waals surface area contributed by atoms with Gasteiger partial charge in [0.25, 0.3) is 0 Å². The third-order valence-corrected chi connectivity index (χ3v) is 2.46. The molecule has 0 spiro atoms. The van der Waals surface area contributed by atoms with Gasteiger partial charge in [-0.1, -0.05) is 27.2 Å². The largest absolute Gasteiger partial charge is 0.480 e. The molecule has 0 heterocycles. The maximum Gasteiger partial charge on any atom is 0.323 e. The van der Waals surface area contributed by atoms with Crippen molar-refractivity contribution < 1.29 is 9.90 Å². The molecule has 0 aliphatic heterocycles. The summed E-state index contributed by atoms with van der Waals surface area (Å²) in [5.74, 6) is -0.134. The number of rotatable bonds is 7. The van der Waals surface area contributed by atoms with Crippen LogP contribution in [0.1, 0.15) is 47.0 Å². The Labute approximate surface area is 86.9 Å². The van der Waals surface area contributed by atoms with Crippen molar-refractivity contribution in [2.75, 3.05) is 6.54 Å². The minimum Gasteiger partial charge on any atom is -0.480 e. The number of carbonyl (C=O) groups is 1. The first-order valence-corrected chi connectivity index (χ1v) is 5.40. The minimum atomic E-state index is -0.747. The SMILES string of the molecule is CCCC(C)(NCCC(C)C)C(=O)O. The first-order chi connectivity index (χ1) is 6.42. The molecule has 1 unspecified atom stereocenters. The standard InChI is InChI=1S/C11H23NO2/c1-5-7-11(4,10(13)14)12-8-6-9(2)3/h9,12H,5-8H2,1-4H3,(H,13,14). The molecule has 0 aromatic rings. The molecule has 14 heavy (non-hydrogen) atoms. The molecular weight excluding hydrogens is 178 g/mol. The molecule has 0 saturated heterocycles. The molecule has 2 N–H and O–H groups in total. The van der Waals surface area contributed by atoms with Gasteiger partial charge in [-0.25, -0.2) is 0 Å². The van der Waals surface area contributed by atoms with Crippen molar-refractivity contribution in [1.82, 2.24) is 5.32 Å². The molecule has 0 aromatic heterocycles. The van der Waals surface area contributed by atoms with Gasteiger partial charge in [-0.15, -0.1) is 0 Å². The van der Waals surface area contributed by atoms with E-state index in [0.29, 0.717) is 12.3 Å². The summed E-state index contributed by atoms with van der Waals surface area (Å²) in [5, 5.41) is 12.2. The zero-order chi connectivity index (χ0) is 11.2. The Morgan fingerprint density at radius 2 is 2.07 bits per heavy atom. The van der Waals surface area contributed by atoms with Gasteiger partial charge >= 0.3 is 5.97 Å². The second kappa shape index (κ2) is 6.02.